The molecule has 2 heterocycles. The van der Waals surface area contributed by atoms with E-state index in [1.54, 1.807) is 0 Å². The Morgan fingerprint density at radius 3 is 2.62 bits per heavy atom. The number of nitrogens with zero attached hydrogens (tertiary/aromatic N) is 3. The summed E-state index contributed by atoms with van der Waals surface area (Å²) in [5.74, 6) is 1.03. The van der Waals surface area contributed by atoms with Gasteiger partial charge in [0.1, 0.15) is 12.4 Å². The van der Waals surface area contributed by atoms with E-state index in [9.17, 15) is 4.79 Å². The maximum absolute atomic E-state index is 12.9. The molecule has 142 valence electrons. The number of ether oxygens (including phenoxy) is 1. The first kappa shape index (κ1) is 17.8. The maximum Gasteiger partial charge on any atom is 0.241 e. The Morgan fingerprint density at radius 1 is 1.08 bits per heavy atom. The van der Waals surface area contributed by atoms with Gasteiger partial charge >= 0.3 is 0 Å². The van der Waals surface area contributed by atoms with Crippen molar-refractivity contribution in [3.8, 4) is 5.75 Å². The predicted octanol–water partition coefficient (Wildman–Crippen LogP) is 2.67. The lowest BCUT2D eigenvalue weighted by atomic mass is 9.94. The number of hydrogen-bond acceptors (Lipinski definition) is 4. The molecule has 5 heteroatoms. The standard InChI is InChI=1S/C21H31N3O2/c1-17-7-8-20-19(15-17)24(13-14-26-20)21(25)16-22-9-11-23(12-10-22)18-5-3-2-4-6-18/h7-8,15,18H,2-6,9-14,16H2,1H3. The molecule has 4 rings (SSSR count). The van der Waals surface area contributed by atoms with Gasteiger partial charge in [-0.1, -0.05) is 25.3 Å². The molecule has 3 aliphatic rings. The molecule has 1 saturated heterocycles. The number of piperazine rings is 1. The molecule has 1 aromatic rings. The van der Waals surface area contributed by atoms with Crippen LogP contribution in [0.25, 0.3) is 0 Å². The molecular formula is C21H31N3O2. The summed E-state index contributed by atoms with van der Waals surface area (Å²) < 4.78 is 5.72. The lowest BCUT2D eigenvalue weighted by Gasteiger charge is -2.41. The average molecular weight is 357 g/mol. The van der Waals surface area contributed by atoms with Gasteiger partial charge in [-0.25, -0.2) is 0 Å². The van der Waals surface area contributed by atoms with Crippen molar-refractivity contribution in [3.05, 3.63) is 23.8 Å². The highest BCUT2D eigenvalue weighted by molar-refractivity contribution is 5.96. The van der Waals surface area contributed by atoms with Gasteiger partial charge in [-0.2, -0.15) is 0 Å². The zero-order valence-corrected chi connectivity index (χ0v) is 16.0. The molecule has 1 aliphatic carbocycles. The Bertz CT molecular complexity index is 634. The van der Waals surface area contributed by atoms with E-state index < -0.39 is 0 Å². The van der Waals surface area contributed by atoms with Crippen LogP contribution in [0.2, 0.25) is 0 Å². The van der Waals surface area contributed by atoms with Crippen molar-refractivity contribution in [2.75, 3.05) is 50.8 Å². The van der Waals surface area contributed by atoms with Crippen molar-refractivity contribution in [2.24, 2.45) is 0 Å². The molecule has 1 amide bonds. The lowest BCUT2D eigenvalue weighted by molar-refractivity contribution is -0.120. The molecule has 0 unspecified atom stereocenters. The van der Waals surface area contributed by atoms with E-state index in [2.05, 4.69) is 22.8 Å². The monoisotopic (exact) mass is 357 g/mol. The molecule has 0 radical (unpaired) electrons. The SMILES string of the molecule is Cc1ccc2c(c1)N(C(=O)CN1CCN(C3CCCCC3)CC1)CCO2. The third-order valence-electron chi connectivity index (χ3n) is 6.14. The van der Waals surface area contributed by atoms with Crippen LogP contribution in [0.3, 0.4) is 0 Å². The Balaban J connectivity index is 1.33. The van der Waals surface area contributed by atoms with Gasteiger partial charge in [0.25, 0.3) is 0 Å². The summed E-state index contributed by atoms with van der Waals surface area (Å²) in [5, 5.41) is 0. The zero-order chi connectivity index (χ0) is 17.9. The molecule has 5 nitrogen and oxygen atoms in total. The van der Waals surface area contributed by atoms with E-state index in [-0.39, 0.29) is 5.91 Å². The van der Waals surface area contributed by atoms with Crippen LogP contribution in [0, 0.1) is 6.92 Å². The van der Waals surface area contributed by atoms with Crippen LogP contribution in [0.15, 0.2) is 18.2 Å². The number of amides is 1. The second kappa shape index (κ2) is 7.97. The Kier molecular flexibility index (Phi) is 5.46. The second-order valence-corrected chi connectivity index (χ2v) is 7.97. The predicted molar refractivity (Wildman–Crippen MR) is 104 cm³/mol. The van der Waals surface area contributed by atoms with Gasteiger partial charge < -0.3 is 9.64 Å². The van der Waals surface area contributed by atoms with E-state index >= 15 is 0 Å². The van der Waals surface area contributed by atoms with E-state index in [0.29, 0.717) is 19.7 Å². The summed E-state index contributed by atoms with van der Waals surface area (Å²) in [6.07, 6.45) is 6.91. The normalized spacial score (nSPS) is 22.7. The van der Waals surface area contributed by atoms with Gasteiger partial charge in [0, 0.05) is 32.2 Å². The molecule has 1 saturated carbocycles. The lowest BCUT2D eigenvalue weighted by Crippen LogP contribution is -2.53. The fraction of sp³-hybridized carbons (Fsp3) is 0.667. The fourth-order valence-electron chi connectivity index (χ4n) is 4.60. The fourth-order valence-corrected chi connectivity index (χ4v) is 4.60. The molecule has 0 aromatic heterocycles. The Morgan fingerprint density at radius 2 is 1.85 bits per heavy atom. The van der Waals surface area contributed by atoms with Crippen LogP contribution in [0.5, 0.6) is 5.75 Å². The van der Waals surface area contributed by atoms with E-state index in [1.807, 2.05) is 17.0 Å². The van der Waals surface area contributed by atoms with Crippen LogP contribution in [0.4, 0.5) is 5.69 Å². The number of carbonyl (C=O) groups is 1. The summed E-state index contributed by atoms with van der Waals surface area (Å²) in [6.45, 7) is 8.04. The van der Waals surface area contributed by atoms with Crippen molar-refractivity contribution in [3.63, 3.8) is 0 Å². The number of aryl methyl sites for hydroxylation is 1. The summed E-state index contributed by atoms with van der Waals surface area (Å²) in [4.78, 5) is 19.8. The average Bonchev–Trinajstić information content (AvgIpc) is 2.68. The van der Waals surface area contributed by atoms with Crippen LogP contribution < -0.4 is 9.64 Å². The minimum absolute atomic E-state index is 0.200. The van der Waals surface area contributed by atoms with Crippen LogP contribution in [0.1, 0.15) is 37.7 Å². The third-order valence-corrected chi connectivity index (χ3v) is 6.14. The van der Waals surface area contributed by atoms with Crippen molar-refractivity contribution >= 4 is 11.6 Å². The summed E-state index contributed by atoms with van der Waals surface area (Å²) in [5.41, 5.74) is 2.09. The molecule has 2 aliphatic heterocycles. The number of benzene rings is 1. The first-order chi connectivity index (χ1) is 12.7. The van der Waals surface area contributed by atoms with Gasteiger partial charge in [-0.05, 0) is 37.5 Å². The topological polar surface area (TPSA) is 36.0 Å². The minimum Gasteiger partial charge on any atom is -0.490 e. The number of fused-ring (bicyclic) bond motifs is 1. The van der Waals surface area contributed by atoms with Gasteiger partial charge in [-0.15, -0.1) is 0 Å². The largest absolute Gasteiger partial charge is 0.490 e. The van der Waals surface area contributed by atoms with Crippen LogP contribution in [-0.2, 0) is 4.79 Å². The summed E-state index contributed by atoms with van der Waals surface area (Å²) >= 11 is 0. The molecule has 0 N–H and O–H groups in total. The van der Waals surface area contributed by atoms with Gasteiger partial charge in [0.2, 0.25) is 5.91 Å². The molecule has 0 spiro atoms. The molecular weight excluding hydrogens is 326 g/mol. The first-order valence-corrected chi connectivity index (χ1v) is 10.2. The summed E-state index contributed by atoms with van der Waals surface area (Å²) in [6, 6.07) is 6.87. The highest BCUT2D eigenvalue weighted by Crippen LogP contribution is 2.32. The maximum atomic E-state index is 12.9. The van der Waals surface area contributed by atoms with E-state index in [4.69, 9.17) is 4.74 Å². The molecule has 2 fully saturated rings. The highest BCUT2D eigenvalue weighted by Gasteiger charge is 2.29. The number of hydrogen-bond donors (Lipinski definition) is 0. The number of carbonyl (C=O) groups excluding carboxylic acids is 1. The number of rotatable bonds is 3. The van der Waals surface area contributed by atoms with Crippen molar-refractivity contribution in [1.82, 2.24) is 9.80 Å². The smallest absolute Gasteiger partial charge is 0.241 e. The van der Waals surface area contributed by atoms with Crippen LogP contribution in [-0.4, -0.2) is 67.6 Å². The zero-order valence-electron chi connectivity index (χ0n) is 16.0. The molecule has 26 heavy (non-hydrogen) atoms. The van der Waals surface area contributed by atoms with E-state index in [0.717, 1.165) is 49.2 Å². The third kappa shape index (κ3) is 3.89. The van der Waals surface area contributed by atoms with Gasteiger partial charge in [0.05, 0.1) is 18.8 Å². The van der Waals surface area contributed by atoms with Crippen molar-refractivity contribution < 1.29 is 9.53 Å². The van der Waals surface area contributed by atoms with Gasteiger partial charge in [0.15, 0.2) is 0 Å². The minimum atomic E-state index is 0.200. The van der Waals surface area contributed by atoms with E-state index in [1.165, 1.54) is 32.1 Å². The van der Waals surface area contributed by atoms with Crippen molar-refractivity contribution in [1.29, 1.82) is 0 Å². The summed E-state index contributed by atoms with van der Waals surface area (Å²) in [7, 11) is 0. The highest BCUT2D eigenvalue weighted by atomic mass is 16.5. The number of anilines is 1. The Hall–Kier alpha value is -1.59. The first-order valence-electron chi connectivity index (χ1n) is 10.2. The molecule has 0 bridgehead atoms. The second-order valence-electron chi connectivity index (χ2n) is 7.97. The molecule has 0 atom stereocenters. The quantitative estimate of drug-likeness (QED) is 0.833. The van der Waals surface area contributed by atoms with Gasteiger partial charge in [-0.3, -0.25) is 14.6 Å². The molecule has 1 aromatic carbocycles. The van der Waals surface area contributed by atoms with Crippen LogP contribution >= 0.6 is 0 Å². The Labute approximate surface area is 156 Å². The van der Waals surface area contributed by atoms with Crippen molar-refractivity contribution in [2.45, 2.75) is 45.1 Å².